The van der Waals surface area contributed by atoms with E-state index >= 15 is 0 Å². The van der Waals surface area contributed by atoms with Crippen molar-refractivity contribution in [1.29, 1.82) is 5.26 Å². The molecule has 0 amide bonds. The third-order valence-electron chi connectivity index (χ3n) is 2.34. The molecular formula is C12H15ClN2O2S. The van der Waals surface area contributed by atoms with Crippen molar-refractivity contribution in [1.82, 2.24) is 0 Å². The molecule has 0 aromatic heterocycles. The summed E-state index contributed by atoms with van der Waals surface area (Å²) in [4.78, 5) is 0. The summed E-state index contributed by atoms with van der Waals surface area (Å²) in [6.07, 6.45) is 0.618. The van der Waals surface area contributed by atoms with E-state index in [0.717, 1.165) is 0 Å². The van der Waals surface area contributed by atoms with Gasteiger partial charge in [0.05, 0.1) is 28.1 Å². The van der Waals surface area contributed by atoms with Crippen LogP contribution in [0.3, 0.4) is 0 Å². The Morgan fingerprint density at radius 2 is 2.11 bits per heavy atom. The summed E-state index contributed by atoms with van der Waals surface area (Å²) in [5, 5.41) is 12.2. The van der Waals surface area contributed by atoms with Crippen molar-refractivity contribution in [3.05, 3.63) is 28.8 Å². The highest BCUT2D eigenvalue weighted by atomic mass is 35.5. The number of halogens is 1. The normalized spacial score (nSPS) is 10.9. The second kappa shape index (κ2) is 6.62. The Morgan fingerprint density at radius 3 is 2.72 bits per heavy atom. The van der Waals surface area contributed by atoms with E-state index in [1.54, 1.807) is 18.2 Å². The molecule has 4 nitrogen and oxygen atoms in total. The number of nitrogens with one attached hydrogen (secondary N) is 1. The number of anilines is 1. The van der Waals surface area contributed by atoms with E-state index < -0.39 is 9.84 Å². The molecule has 6 heteroatoms. The Labute approximate surface area is 112 Å². The van der Waals surface area contributed by atoms with Gasteiger partial charge in [-0.2, -0.15) is 5.26 Å². The fourth-order valence-corrected chi connectivity index (χ4v) is 2.91. The Kier molecular flexibility index (Phi) is 5.45. The minimum atomic E-state index is -3.00. The summed E-state index contributed by atoms with van der Waals surface area (Å²) in [5.74, 6) is 0.259. The van der Waals surface area contributed by atoms with Crippen LogP contribution in [0.15, 0.2) is 18.2 Å². The first-order valence-corrected chi connectivity index (χ1v) is 7.82. The molecule has 98 valence electrons. The maximum absolute atomic E-state index is 11.5. The number of sulfone groups is 1. The number of nitriles is 1. The molecule has 0 heterocycles. The lowest BCUT2D eigenvalue weighted by Gasteiger charge is -2.08. The number of hydrogen-bond donors (Lipinski definition) is 1. The predicted octanol–water partition coefficient (Wildman–Crippen LogP) is 2.45. The van der Waals surface area contributed by atoms with Gasteiger partial charge in [0.25, 0.3) is 0 Å². The van der Waals surface area contributed by atoms with Gasteiger partial charge in [-0.1, -0.05) is 18.5 Å². The zero-order chi connectivity index (χ0) is 13.6. The van der Waals surface area contributed by atoms with Crippen LogP contribution < -0.4 is 5.32 Å². The average Bonchev–Trinajstić information content (AvgIpc) is 2.31. The molecule has 1 aromatic carbocycles. The summed E-state index contributed by atoms with van der Waals surface area (Å²) in [5.41, 5.74) is 1.07. The quantitative estimate of drug-likeness (QED) is 0.872. The zero-order valence-electron chi connectivity index (χ0n) is 10.1. The van der Waals surface area contributed by atoms with E-state index in [-0.39, 0.29) is 18.1 Å². The van der Waals surface area contributed by atoms with Crippen molar-refractivity contribution in [3.63, 3.8) is 0 Å². The van der Waals surface area contributed by atoms with Gasteiger partial charge in [0.2, 0.25) is 0 Å². The Morgan fingerprint density at radius 1 is 1.39 bits per heavy atom. The first-order valence-electron chi connectivity index (χ1n) is 5.62. The van der Waals surface area contributed by atoms with Crippen LogP contribution >= 0.6 is 11.6 Å². The number of nitrogens with zero attached hydrogens (tertiary/aromatic N) is 1. The van der Waals surface area contributed by atoms with Gasteiger partial charge in [0.15, 0.2) is 9.84 Å². The monoisotopic (exact) mass is 286 g/mol. The molecule has 18 heavy (non-hydrogen) atoms. The van der Waals surface area contributed by atoms with Crippen LogP contribution in [0.1, 0.15) is 18.9 Å². The van der Waals surface area contributed by atoms with Gasteiger partial charge < -0.3 is 5.32 Å². The molecule has 0 spiro atoms. The maximum Gasteiger partial charge on any atom is 0.152 e. The second-order valence-electron chi connectivity index (χ2n) is 3.89. The third-order valence-corrected chi connectivity index (χ3v) is 4.53. The largest absolute Gasteiger partial charge is 0.383 e. The van der Waals surface area contributed by atoms with E-state index in [1.807, 2.05) is 13.0 Å². The lowest BCUT2D eigenvalue weighted by Crippen LogP contribution is -2.18. The molecule has 0 bridgehead atoms. The van der Waals surface area contributed by atoms with Gasteiger partial charge in [-0.15, -0.1) is 0 Å². The van der Waals surface area contributed by atoms with Gasteiger partial charge >= 0.3 is 0 Å². The third kappa shape index (κ3) is 4.55. The second-order valence-corrected chi connectivity index (χ2v) is 6.60. The predicted molar refractivity (Wildman–Crippen MR) is 73.6 cm³/mol. The van der Waals surface area contributed by atoms with E-state index in [2.05, 4.69) is 5.32 Å². The number of rotatable bonds is 6. The van der Waals surface area contributed by atoms with Crippen LogP contribution in [0.2, 0.25) is 5.02 Å². The molecular weight excluding hydrogens is 272 g/mol. The molecule has 0 atom stereocenters. The molecule has 0 fully saturated rings. The Balaban J connectivity index is 2.62. The summed E-state index contributed by atoms with van der Waals surface area (Å²) < 4.78 is 23.0. The van der Waals surface area contributed by atoms with Gasteiger partial charge in [0, 0.05) is 12.3 Å². The van der Waals surface area contributed by atoms with Crippen molar-refractivity contribution < 1.29 is 8.42 Å². The summed E-state index contributed by atoms with van der Waals surface area (Å²) in [6.45, 7) is 2.12. The van der Waals surface area contributed by atoms with E-state index in [0.29, 0.717) is 22.7 Å². The van der Waals surface area contributed by atoms with Crippen molar-refractivity contribution in [2.24, 2.45) is 0 Å². The summed E-state index contributed by atoms with van der Waals surface area (Å²) in [6, 6.07) is 6.84. The minimum Gasteiger partial charge on any atom is -0.383 e. The SMILES string of the molecule is CCCS(=O)(=O)CCNc1cc(C#N)ccc1Cl. The smallest absolute Gasteiger partial charge is 0.152 e. The Bertz CT molecular complexity index is 550. The van der Waals surface area contributed by atoms with Crippen LogP contribution in [0.5, 0.6) is 0 Å². The van der Waals surface area contributed by atoms with Gasteiger partial charge in [0.1, 0.15) is 0 Å². The molecule has 0 saturated heterocycles. The van der Waals surface area contributed by atoms with Gasteiger partial charge in [-0.05, 0) is 24.6 Å². The molecule has 0 saturated carbocycles. The van der Waals surface area contributed by atoms with E-state index in [4.69, 9.17) is 16.9 Å². The van der Waals surface area contributed by atoms with Gasteiger partial charge in [-0.25, -0.2) is 8.42 Å². The van der Waals surface area contributed by atoms with Crippen molar-refractivity contribution in [3.8, 4) is 6.07 Å². The van der Waals surface area contributed by atoms with E-state index in [9.17, 15) is 8.42 Å². The lowest BCUT2D eigenvalue weighted by molar-refractivity contribution is 0.595. The first kappa shape index (κ1) is 14.8. The standard InChI is InChI=1S/C12H15ClN2O2S/c1-2-6-18(16,17)7-5-15-12-8-10(9-14)3-4-11(12)13/h3-4,8,15H,2,5-7H2,1H3. The van der Waals surface area contributed by atoms with Crippen molar-refractivity contribution in [2.75, 3.05) is 23.4 Å². The van der Waals surface area contributed by atoms with Crippen molar-refractivity contribution >= 4 is 27.1 Å². The molecule has 0 aliphatic carbocycles. The van der Waals surface area contributed by atoms with Crippen LogP contribution in [-0.4, -0.2) is 26.5 Å². The fraction of sp³-hybridized carbons (Fsp3) is 0.417. The summed E-state index contributed by atoms with van der Waals surface area (Å²) in [7, 11) is -3.00. The summed E-state index contributed by atoms with van der Waals surface area (Å²) >= 11 is 5.94. The fourth-order valence-electron chi connectivity index (χ4n) is 1.48. The molecule has 1 N–H and O–H groups in total. The molecule has 0 radical (unpaired) electrons. The van der Waals surface area contributed by atoms with Crippen LogP contribution in [0.4, 0.5) is 5.69 Å². The minimum absolute atomic E-state index is 0.0634. The number of benzene rings is 1. The van der Waals surface area contributed by atoms with Crippen LogP contribution in [-0.2, 0) is 9.84 Å². The van der Waals surface area contributed by atoms with Crippen LogP contribution in [0.25, 0.3) is 0 Å². The van der Waals surface area contributed by atoms with E-state index in [1.165, 1.54) is 0 Å². The average molecular weight is 287 g/mol. The zero-order valence-corrected chi connectivity index (χ0v) is 11.7. The highest BCUT2D eigenvalue weighted by molar-refractivity contribution is 7.91. The highest BCUT2D eigenvalue weighted by Gasteiger charge is 2.09. The molecule has 0 aliphatic heterocycles. The highest BCUT2D eigenvalue weighted by Crippen LogP contribution is 2.22. The topological polar surface area (TPSA) is 70.0 Å². The molecule has 1 rings (SSSR count). The number of hydrogen-bond acceptors (Lipinski definition) is 4. The molecule has 0 aliphatic rings. The Hall–Kier alpha value is -1.25. The molecule has 1 aromatic rings. The molecule has 0 unspecified atom stereocenters. The lowest BCUT2D eigenvalue weighted by atomic mass is 10.2. The van der Waals surface area contributed by atoms with Crippen molar-refractivity contribution in [2.45, 2.75) is 13.3 Å². The van der Waals surface area contributed by atoms with Crippen LogP contribution in [0, 0.1) is 11.3 Å². The first-order chi connectivity index (χ1) is 8.48. The van der Waals surface area contributed by atoms with Gasteiger partial charge in [-0.3, -0.25) is 0 Å². The maximum atomic E-state index is 11.5.